The summed E-state index contributed by atoms with van der Waals surface area (Å²) in [4.78, 5) is 4.69. The van der Waals surface area contributed by atoms with Crippen molar-refractivity contribution in [2.24, 2.45) is 4.99 Å². The maximum atomic E-state index is 5.83. The molecule has 0 spiro atoms. The number of nitrogens with zero attached hydrogens (tertiary/aromatic N) is 2. The zero-order chi connectivity index (χ0) is 21.8. The molecule has 0 atom stereocenters. The molecule has 2 rings (SSSR count). The lowest BCUT2D eigenvalue weighted by molar-refractivity contribution is 0.305. The molecule has 0 bridgehead atoms. The number of ether oxygens (including phenoxy) is 3. The molecule has 0 aliphatic carbocycles. The highest BCUT2D eigenvalue weighted by atomic mass is 127. The van der Waals surface area contributed by atoms with E-state index in [2.05, 4.69) is 29.6 Å². The average molecular weight is 546 g/mol. The topological polar surface area (TPSA) is 90.1 Å². The Hall–Kier alpha value is -2.17. The molecule has 1 heterocycles. The van der Waals surface area contributed by atoms with Crippen LogP contribution in [0.3, 0.4) is 0 Å². The van der Waals surface area contributed by atoms with Crippen molar-refractivity contribution in [1.29, 1.82) is 0 Å². The number of nitrogens with one attached hydrogen (secondary N) is 2. The number of halogens is 1. The molecule has 1 aromatic carbocycles. The third-order valence-corrected chi connectivity index (χ3v) is 4.55. The van der Waals surface area contributed by atoms with Gasteiger partial charge >= 0.3 is 0 Å². The first-order chi connectivity index (χ1) is 14.6. The number of rotatable bonds is 12. The Morgan fingerprint density at radius 1 is 1.00 bits per heavy atom. The van der Waals surface area contributed by atoms with Crippen LogP contribution in [0.5, 0.6) is 17.2 Å². The van der Waals surface area contributed by atoms with E-state index in [-0.39, 0.29) is 24.0 Å². The summed E-state index contributed by atoms with van der Waals surface area (Å²) in [5.74, 6) is 3.81. The van der Waals surface area contributed by atoms with Crippen molar-refractivity contribution >= 4 is 29.9 Å². The molecule has 8 nitrogen and oxygen atoms in total. The summed E-state index contributed by atoms with van der Waals surface area (Å²) in [6.45, 7) is 8.82. The molecule has 1 aromatic heterocycles. The summed E-state index contributed by atoms with van der Waals surface area (Å²) in [5, 5.41) is 10.8. The van der Waals surface area contributed by atoms with Gasteiger partial charge in [0, 0.05) is 43.3 Å². The summed E-state index contributed by atoms with van der Waals surface area (Å²) in [7, 11) is 3.24. The fraction of sp³-hybridized carbons (Fsp3) is 0.545. The lowest BCUT2D eigenvalue weighted by Crippen LogP contribution is -2.38. The first kappa shape index (κ1) is 26.9. The zero-order valence-corrected chi connectivity index (χ0v) is 21.4. The van der Waals surface area contributed by atoms with Crippen molar-refractivity contribution in [3.63, 3.8) is 0 Å². The summed E-state index contributed by atoms with van der Waals surface area (Å²) >= 11 is 0. The predicted octanol–water partition coefficient (Wildman–Crippen LogP) is 3.96. The van der Waals surface area contributed by atoms with E-state index in [4.69, 9.17) is 23.7 Å². The molecule has 0 aliphatic rings. The number of guanidine groups is 1. The quantitative estimate of drug-likeness (QED) is 0.180. The maximum Gasteiger partial charge on any atom is 0.191 e. The highest BCUT2D eigenvalue weighted by Gasteiger charge is 2.13. The van der Waals surface area contributed by atoms with Crippen LogP contribution in [0.15, 0.2) is 27.7 Å². The van der Waals surface area contributed by atoms with Gasteiger partial charge in [-0.3, -0.25) is 0 Å². The van der Waals surface area contributed by atoms with Gasteiger partial charge in [-0.25, -0.2) is 4.99 Å². The summed E-state index contributed by atoms with van der Waals surface area (Å²) < 4.78 is 21.8. The van der Waals surface area contributed by atoms with Crippen LogP contribution in [0, 0.1) is 0 Å². The number of aliphatic imine (C=N–C) groups is 1. The smallest absolute Gasteiger partial charge is 0.191 e. The Kier molecular flexibility index (Phi) is 12.8. The second-order valence-corrected chi connectivity index (χ2v) is 6.61. The second kappa shape index (κ2) is 14.8. The third kappa shape index (κ3) is 8.47. The molecule has 2 N–H and O–H groups in total. The van der Waals surface area contributed by atoms with Crippen LogP contribution in [-0.2, 0) is 19.4 Å². The van der Waals surface area contributed by atoms with E-state index in [1.54, 1.807) is 14.2 Å². The van der Waals surface area contributed by atoms with Crippen molar-refractivity contribution in [3.8, 4) is 17.2 Å². The molecule has 0 fully saturated rings. The molecule has 0 radical (unpaired) electrons. The predicted molar refractivity (Wildman–Crippen MR) is 133 cm³/mol. The lowest BCUT2D eigenvalue weighted by atomic mass is 10.1. The molecule has 0 saturated carbocycles. The number of aromatic nitrogens is 1. The minimum absolute atomic E-state index is 0. The van der Waals surface area contributed by atoms with Gasteiger partial charge in [0.05, 0.1) is 33.1 Å². The molecule has 9 heteroatoms. The Morgan fingerprint density at radius 3 is 2.26 bits per heavy atom. The number of benzene rings is 1. The summed E-state index contributed by atoms with van der Waals surface area (Å²) in [6, 6.07) is 5.51. The van der Waals surface area contributed by atoms with Crippen molar-refractivity contribution in [2.45, 2.75) is 46.6 Å². The molecule has 174 valence electrons. The van der Waals surface area contributed by atoms with E-state index in [9.17, 15) is 0 Å². The van der Waals surface area contributed by atoms with Gasteiger partial charge in [-0.2, -0.15) is 0 Å². The van der Waals surface area contributed by atoms with Crippen LogP contribution in [0.2, 0.25) is 0 Å². The van der Waals surface area contributed by atoms with E-state index >= 15 is 0 Å². The van der Waals surface area contributed by atoms with Gasteiger partial charge in [0.1, 0.15) is 23.0 Å². The third-order valence-electron chi connectivity index (χ3n) is 4.55. The van der Waals surface area contributed by atoms with Gasteiger partial charge in [0.25, 0.3) is 0 Å². The summed E-state index contributed by atoms with van der Waals surface area (Å²) in [5.41, 5.74) is 2.07. The Bertz CT molecular complexity index is 767. The minimum atomic E-state index is 0. The van der Waals surface area contributed by atoms with Gasteiger partial charge in [0.2, 0.25) is 0 Å². The van der Waals surface area contributed by atoms with E-state index in [0.29, 0.717) is 24.7 Å². The van der Waals surface area contributed by atoms with Crippen LogP contribution in [-0.4, -0.2) is 45.0 Å². The van der Waals surface area contributed by atoms with Gasteiger partial charge < -0.3 is 29.4 Å². The number of aryl methyl sites for hydroxylation is 2. The van der Waals surface area contributed by atoms with Gasteiger partial charge in [0.15, 0.2) is 5.96 Å². The van der Waals surface area contributed by atoms with Crippen molar-refractivity contribution < 1.29 is 18.7 Å². The standard InChI is InChI=1S/C22H34N4O4.HI/c1-6-20-19(21(7-2)30-26-20)15-25-22(23-8-3)24-10-9-11-29-18-13-16(27-4)12-17(14-18)28-5;/h12-14H,6-11,15H2,1-5H3,(H2,23,24,25);1H. The molecule has 0 saturated heterocycles. The Morgan fingerprint density at radius 2 is 1.68 bits per heavy atom. The molecule has 2 aromatic rings. The van der Waals surface area contributed by atoms with Crippen LogP contribution < -0.4 is 24.8 Å². The van der Waals surface area contributed by atoms with Gasteiger partial charge in [-0.05, 0) is 19.8 Å². The SMILES string of the molecule is CCNC(=NCc1c(CC)noc1CC)NCCCOc1cc(OC)cc(OC)c1.I. The maximum absolute atomic E-state index is 5.83. The van der Waals surface area contributed by atoms with E-state index in [0.717, 1.165) is 61.1 Å². The number of hydrogen-bond acceptors (Lipinski definition) is 6. The molecular formula is C22H35IN4O4. The van der Waals surface area contributed by atoms with Crippen molar-refractivity contribution in [2.75, 3.05) is 33.9 Å². The fourth-order valence-corrected chi connectivity index (χ4v) is 2.95. The second-order valence-electron chi connectivity index (χ2n) is 6.61. The Balaban J connectivity index is 0.00000480. The van der Waals surface area contributed by atoms with Crippen LogP contribution in [0.1, 0.15) is 44.2 Å². The minimum Gasteiger partial charge on any atom is -0.496 e. The summed E-state index contributed by atoms with van der Waals surface area (Å²) in [6.07, 6.45) is 2.47. The van der Waals surface area contributed by atoms with Crippen LogP contribution in [0.4, 0.5) is 0 Å². The van der Waals surface area contributed by atoms with Crippen molar-refractivity contribution in [3.05, 3.63) is 35.2 Å². The molecule has 31 heavy (non-hydrogen) atoms. The monoisotopic (exact) mass is 546 g/mol. The molecular weight excluding hydrogens is 511 g/mol. The zero-order valence-electron chi connectivity index (χ0n) is 19.1. The largest absolute Gasteiger partial charge is 0.496 e. The van der Waals surface area contributed by atoms with Gasteiger partial charge in [-0.15, -0.1) is 24.0 Å². The molecule has 0 unspecified atom stereocenters. The van der Waals surface area contributed by atoms with E-state index < -0.39 is 0 Å². The average Bonchev–Trinajstić information content (AvgIpc) is 3.18. The van der Waals surface area contributed by atoms with Crippen molar-refractivity contribution in [1.82, 2.24) is 15.8 Å². The van der Waals surface area contributed by atoms with Crippen LogP contribution >= 0.6 is 24.0 Å². The molecule has 0 aliphatic heterocycles. The lowest BCUT2D eigenvalue weighted by Gasteiger charge is -2.13. The highest BCUT2D eigenvalue weighted by Crippen LogP contribution is 2.27. The number of hydrogen-bond donors (Lipinski definition) is 2. The molecule has 0 amide bonds. The highest BCUT2D eigenvalue weighted by molar-refractivity contribution is 14.0. The first-order valence-corrected chi connectivity index (χ1v) is 10.5. The normalized spacial score (nSPS) is 10.9. The first-order valence-electron chi connectivity index (χ1n) is 10.5. The van der Waals surface area contributed by atoms with E-state index in [1.807, 2.05) is 25.1 Å². The fourth-order valence-electron chi connectivity index (χ4n) is 2.95. The Labute approximate surface area is 202 Å². The number of methoxy groups -OCH3 is 2. The van der Waals surface area contributed by atoms with E-state index in [1.165, 1.54) is 0 Å². The van der Waals surface area contributed by atoms with Crippen LogP contribution in [0.25, 0.3) is 0 Å². The van der Waals surface area contributed by atoms with Gasteiger partial charge in [-0.1, -0.05) is 19.0 Å².